The molecule has 0 radical (unpaired) electrons. The number of ether oxygens (including phenoxy) is 1. The van der Waals surface area contributed by atoms with E-state index in [9.17, 15) is 4.79 Å². The summed E-state index contributed by atoms with van der Waals surface area (Å²) in [5, 5.41) is 0. The summed E-state index contributed by atoms with van der Waals surface area (Å²) in [6, 6.07) is 21.4. The minimum absolute atomic E-state index is 0.0483. The molecule has 4 rings (SSSR count). The van der Waals surface area contributed by atoms with E-state index < -0.39 is 0 Å². The molecule has 1 fully saturated rings. The van der Waals surface area contributed by atoms with E-state index in [0.29, 0.717) is 23.7 Å². The molecule has 1 aliphatic heterocycles. The lowest BCUT2D eigenvalue weighted by atomic mass is 10.0. The monoisotopic (exact) mass is 387 g/mol. The van der Waals surface area contributed by atoms with Crippen LogP contribution in [0.25, 0.3) is 0 Å². The summed E-state index contributed by atoms with van der Waals surface area (Å²) in [6.45, 7) is 4.40. The third-order valence-corrected chi connectivity index (χ3v) is 5.24. The second kappa shape index (κ2) is 8.45. The Morgan fingerprint density at radius 3 is 2.52 bits per heavy atom. The average Bonchev–Trinajstić information content (AvgIpc) is 2.74. The maximum atomic E-state index is 13.3. The maximum Gasteiger partial charge on any atom is 0.254 e. The number of rotatable bonds is 4. The molecule has 0 spiro atoms. The molecule has 1 unspecified atom stereocenters. The van der Waals surface area contributed by atoms with E-state index in [1.807, 2.05) is 66.4 Å². The molecule has 1 aliphatic rings. The molecule has 5 nitrogen and oxygen atoms in total. The first-order valence-electron chi connectivity index (χ1n) is 9.85. The number of likely N-dealkylation sites (N-methyl/N-ethyl adjacent to an activating group) is 1. The molecule has 1 aromatic heterocycles. The summed E-state index contributed by atoms with van der Waals surface area (Å²) >= 11 is 0. The van der Waals surface area contributed by atoms with Gasteiger partial charge in [0, 0.05) is 37.5 Å². The summed E-state index contributed by atoms with van der Waals surface area (Å²) in [7, 11) is 2.10. The Balaban J connectivity index is 1.52. The number of aryl methyl sites for hydroxylation is 1. The fourth-order valence-corrected chi connectivity index (χ4v) is 3.64. The van der Waals surface area contributed by atoms with Crippen molar-refractivity contribution in [3.05, 3.63) is 89.6 Å². The molecule has 0 N–H and O–H groups in total. The van der Waals surface area contributed by atoms with Gasteiger partial charge < -0.3 is 14.5 Å². The van der Waals surface area contributed by atoms with Gasteiger partial charge in [0.05, 0.1) is 6.04 Å². The van der Waals surface area contributed by atoms with Crippen LogP contribution in [0.3, 0.4) is 0 Å². The molecule has 0 aliphatic carbocycles. The first-order valence-corrected chi connectivity index (χ1v) is 9.85. The van der Waals surface area contributed by atoms with Gasteiger partial charge in [-0.3, -0.25) is 4.79 Å². The van der Waals surface area contributed by atoms with E-state index in [-0.39, 0.29) is 11.9 Å². The molecule has 2 aromatic carbocycles. The second-order valence-electron chi connectivity index (χ2n) is 7.49. The molecule has 2 heterocycles. The normalized spacial score (nSPS) is 17.2. The molecule has 29 heavy (non-hydrogen) atoms. The van der Waals surface area contributed by atoms with Gasteiger partial charge in [0.25, 0.3) is 5.91 Å². The number of carbonyl (C=O) groups excluding carboxylic acids is 1. The van der Waals surface area contributed by atoms with Crippen molar-refractivity contribution in [2.24, 2.45) is 0 Å². The van der Waals surface area contributed by atoms with Gasteiger partial charge in [-0.15, -0.1) is 0 Å². The molecular weight excluding hydrogens is 362 g/mol. The maximum absolute atomic E-state index is 13.3. The molecule has 0 bridgehead atoms. The number of hydrogen-bond acceptors (Lipinski definition) is 4. The molecule has 148 valence electrons. The SMILES string of the molecule is Cc1ccnc(Oc2ccc(C(=O)N3CCN(C)CC3c3ccccc3)cc2)c1. The summed E-state index contributed by atoms with van der Waals surface area (Å²) in [4.78, 5) is 21.7. The van der Waals surface area contributed by atoms with E-state index in [4.69, 9.17) is 4.74 Å². The quantitative estimate of drug-likeness (QED) is 0.669. The zero-order chi connectivity index (χ0) is 20.2. The second-order valence-corrected chi connectivity index (χ2v) is 7.49. The molecule has 3 aromatic rings. The van der Waals surface area contributed by atoms with Gasteiger partial charge in [0.1, 0.15) is 5.75 Å². The zero-order valence-corrected chi connectivity index (χ0v) is 16.8. The van der Waals surface area contributed by atoms with E-state index in [1.54, 1.807) is 6.20 Å². The van der Waals surface area contributed by atoms with Gasteiger partial charge in [-0.05, 0) is 55.4 Å². The minimum Gasteiger partial charge on any atom is -0.439 e. The van der Waals surface area contributed by atoms with E-state index in [2.05, 4.69) is 29.1 Å². The van der Waals surface area contributed by atoms with E-state index in [0.717, 1.165) is 24.2 Å². The van der Waals surface area contributed by atoms with Crippen molar-refractivity contribution in [1.29, 1.82) is 0 Å². The summed E-state index contributed by atoms with van der Waals surface area (Å²) in [6.07, 6.45) is 1.72. The van der Waals surface area contributed by atoms with Crippen LogP contribution in [-0.2, 0) is 0 Å². The molecule has 1 amide bonds. The number of aromatic nitrogens is 1. The largest absolute Gasteiger partial charge is 0.439 e. The van der Waals surface area contributed by atoms with Crippen molar-refractivity contribution in [3.8, 4) is 11.6 Å². The number of piperazine rings is 1. The zero-order valence-electron chi connectivity index (χ0n) is 16.8. The lowest BCUT2D eigenvalue weighted by molar-refractivity contribution is 0.0498. The predicted molar refractivity (Wildman–Crippen MR) is 113 cm³/mol. The van der Waals surface area contributed by atoms with Crippen molar-refractivity contribution in [2.75, 3.05) is 26.7 Å². The van der Waals surface area contributed by atoms with Crippen LogP contribution in [0.1, 0.15) is 27.5 Å². The molecule has 5 heteroatoms. The van der Waals surface area contributed by atoms with Crippen LogP contribution in [0.4, 0.5) is 0 Å². The Labute approximate surface area is 171 Å². The fraction of sp³-hybridized carbons (Fsp3) is 0.250. The topological polar surface area (TPSA) is 45.7 Å². The Morgan fingerprint density at radius 2 is 1.79 bits per heavy atom. The first-order chi connectivity index (χ1) is 14.1. The minimum atomic E-state index is 0.0483. The van der Waals surface area contributed by atoms with Gasteiger partial charge in [-0.1, -0.05) is 30.3 Å². The number of hydrogen-bond donors (Lipinski definition) is 0. The van der Waals surface area contributed by atoms with Crippen molar-refractivity contribution in [3.63, 3.8) is 0 Å². The van der Waals surface area contributed by atoms with Crippen molar-refractivity contribution >= 4 is 5.91 Å². The number of pyridine rings is 1. The van der Waals surface area contributed by atoms with Gasteiger partial charge in [-0.25, -0.2) is 4.98 Å². The lowest BCUT2D eigenvalue weighted by Crippen LogP contribution is -2.49. The van der Waals surface area contributed by atoms with Crippen molar-refractivity contribution in [1.82, 2.24) is 14.8 Å². The van der Waals surface area contributed by atoms with Crippen molar-refractivity contribution < 1.29 is 9.53 Å². The van der Waals surface area contributed by atoms with Crippen LogP contribution in [0.5, 0.6) is 11.6 Å². The van der Waals surface area contributed by atoms with Gasteiger partial charge in [-0.2, -0.15) is 0 Å². The van der Waals surface area contributed by atoms with Crippen LogP contribution >= 0.6 is 0 Å². The third kappa shape index (κ3) is 4.46. The number of benzene rings is 2. The highest BCUT2D eigenvalue weighted by Crippen LogP contribution is 2.27. The summed E-state index contributed by atoms with van der Waals surface area (Å²) in [5.74, 6) is 1.26. The molecular formula is C24H25N3O2. The van der Waals surface area contributed by atoms with Crippen LogP contribution in [-0.4, -0.2) is 47.4 Å². The van der Waals surface area contributed by atoms with Gasteiger partial charge in [0.15, 0.2) is 0 Å². The standard InChI is InChI=1S/C24H25N3O2/c1-18-12-13-25-23(16-18)29-21-10-8-20(9-11-21)24(28)27-15-14-26(2)17-22(27)19-6-4-3-5-7-19/h3-13,16,22H,14-15,17H2,1-2H3. The molecule has 0 saturated carbocycles. The van der Waals surface area contributed by atoms with Crippen LogP contribution in [0.15, 0.2) is 72.9 Å². The van der Waals surface area contributed by atoms with Crippen LogP contribution < -0.4 is 4.74 Å². The van der Waals surface area contributed by atoms with Crippen molar-refractivity contribution in [2.45, 2.75) is 13.0 Å². The Kier molecular flexibility index (Phi) is 5.58. The fourth-order valence-electron chi connectivity index (χ4n) is 3.64. The predicted octanol–water partition coefficient (Wildman–Crippen LogP) is 4.31. The summed E-state index contributed by atoms with van der Waals surface area (Å²) in [5.41, 5.74) is 2.92. The highest BCUT2D eigenvalue weighted by Gasteiger charge is 2.30. The molecule has 1 atom stereocenters. The molecule has 1 saturated heterocycles. The van der Waals surface area contributed by atoms with E-state index in [1.165, 1.54) is 0 Å². The van der Waals surface area contributed by atoms with Gasteiger partial charge >= 0.3 is 0 Å². The van der Waals surface area contributed by atoms with Gasteiger partial charge in [0.2, 0.25) is 5.88 Å². The Hall–Kier alpha value is -3.18. The van der Waals surface area contributed by atoms with Crippen LogP contribution in [0, 0.1) is 6.92 Å². The number of amides is 1. The lowest BCUT2D eigenvalue weighted by Gasteiger charge is -2.40. The highest BCUT2D eigenvalue weighted by atomic mass is 16.5. The number of nitrogens with zero attached hydrogens (tertiary/aromatic N) is 3. The average molecular weight is 387 g/mol. The third-order valence-electron chi connectivity index (χ3n) is 5.24. The highest BCUT2D eigenvalue weighted by molar-refractivity contribution is 5.94. The number of carbonyl (C=O) groups is 1. The van der Waals surface area contributed by atoms with E-state index >= 15 is 0 Å². The first kappa shape index (κ1) is 19.2. The summed E-state index contributed by atoms with van der Waals surface area (Å²) < 4.78 is 5.80. The Bertz CT molecular complexity index is 973. The Morgan fingerprint density at radius 1 is 1.03 bits per heavy atom. The van der Waals surface area contributed by atoms with Crippen LogP contribution in [0.2, 0.25) is 0 Å². The smallest absolute Gasteiger partial charge is 0.254 e.